The summed E-state index contributed by atoms with van der Waals surface area (Å²) in [7, 11) is 0. The Morgan fingerprint density at radius 2 is 1.96 bits per heavy atom. The molecule has 0 unspecified atom stereocenters. The highest BCUT2D eigenvalue weighted by atomic mass is 79.9. The van der Waals surface area contributed by atoms with E-state index in [-0.39, 0.29) is 0 Å². The Morgan fingerprint density at radius 3 is 2.81 bits per heavy atom. The van der Waals surface area contributed by atoms with Gasteiger partial charge in [0.25, 0.3) is 5.22 Å². The van der Waals surface area contributed by atoms with Crippen LogP contribution in [0.1, 0.15) is 5.89 Å². The third-order valence-corrected chi connectivity index (χ3v) is 5.01. The Kier molecular flexibility index (Phi) is 5.05. The molecule has 2 aromatic heterocycles. The minimum atomic E-state index is 0.414. The Balaban J connectivity index is 1.45. The van der Waals surface area contributed by atoms with Gasteiger partial charge < -0.3 is 8.94 Å². The summed E-state index contributed by atoms with van der Waals surface area (Å²) in [5.74, 6) is 1.77. The zero-order valence-electron chi connectivity index (χ0n) is 13.1. The smallest absolute Gasteiger partial charge is 0.277 e. The van der Waals surface area contributed by atoms with Gasteiger partial charge in [-0.15, -0.1) is 10.2 Å². The summed E-state index contributed by atoms with van der Waals surface area (Å²) in [6, 6.07) is 15.0. The van der Waals surface area contributed by atoms with Crippen LogP contribution < -0.4 is 0 Å². The van der Waals surface area contributed by atoms with Crippen LogP contribution in [0.3, 0.4) is 0 Å². The van der Waals surface area contributed by atoms with Gasteiger partial charge in [-0.3, -0.25) is 0 Å². The van der Waals surface area contributed by atoms with Crippen LogP contribution in [0.15, 0.2) is 67.2 Å². The van der Waals surface area contributed by atoms with Crippen LogP contribution in [0.4, 0.5) is 0 Å². The van der Waals surface area contributed by atoms with Crippen molar-refractivity contribution < 1.29 is 8.94 Å². The summed E-state index contributed by atoms with van der Waals surface area (Å²) in [6.07, 6.45) is 0. The fraction of sp³-hybridized carbons (Fsp3) is 0.0588. The lowest BCUT2D eigenvalue weighted by molar-refractivity contribution is 0.391. The molecule has 0 amide bonds. The summed E-state index contributed by atoms with van der Waals surface area (Å²) >= 11 is 10.9. The van der Waals surface area contributed by atoms with Gasteiger partial charge in [-0.05, 0) is 30.3 Å². The molecule has 4 rings (SSSR count). The maximum atomic E-state index is 6.15. The Morgan fingerprint density at radius 1 is 1.08 bits per heavy atom. The van der Waals surface area contributed by atoms with E-state index in [2.05, 4.69) is 36.3 Å². The second-order valence-electron chi connectivity index (χ2n) is 5.16. The second kappa shape index (κ2) is 7.61. The average molecular weight is 450 g/mol. The van der Waals surface area contributed by atoms with Gasteiger partial charge in [0.15, 0.2) is 0 Å². The van der Waals surface area contributed by atoms with Crippen molar-refractivity contribution >= 4 is 39.3 Å². The molecule has 0 fully saturated rings. The predicted molar refractivity (Wildman–Crippen MR) is 102 cm³/mol. The molecule has 26 heavy (non-hydrogen) atoms. The molecule has 6 nitrogen and oxygen atoms in total. The van der Waals surface area contributed by atoms with E-state index in [0.29, 0.717) is 33.6 Å². The summed E-state index contributed by atoms with van der Waals surface area (Å²) in [5, 5.41) is 13.1. The molecule has 0 saturated carbocycles. The number of hydrogen-bond donors (Lipinski definition) is 0. The fourth-order valence-corrected chi connectivity index (χ4v) is 3.42. The molecule has 0 saturated heterocycles. The lowest BCUT2D eigenvalue weighted by Gasteiger charge is -1.96. The monoisotopic (exact) mass is 448 g/mol. The van der Waals surface area contributed by atoms with E-state index >= 15 is 0 Å². The Labute approximate surface area is 166 Å². The van der Waals surface area contributed by atoms with Crippen molar-refractivity contribution in [2.24, 2.45) is 0 Å². The second-order valence-corrected chi connectivity index (χ2v) is 7.41. The molecule has 0 bridgehead atoms. The first-order chi connectivity index (χ1) is 12.7. The number of halogens is 2. The first-order valence-corrected chi connectivity index (χ1v) is 9.64. The molecule has 9 heteroatoms. The van der Waals surface area contributed by atoms with Gasteiger partial charge in [-0.1, -0.05) is 62.6 Å². The van der Waals surface area contributed by atoms with Crippen LogP contribution in [0.2, 0.25) is 5.02 Å². The van der Waals surface area contributed by atoms with Crippen LogP contribution >= 0.6 is 39.3 Å². The first kappa shape index (κ1) is 17.3. The minimum absolute atomic E-state index is 0.414. The van der Waals surface area contributed by atoms with E-state index in [1.54, 1.807) is 6.07 Å². The summed E-state index contributed by atoms with van der Waals surface area (Å²) in [4.78, 5) is 4.35. The number of hydrogen-bond acceptors (Lipinski definition) is 7. The van der Waals surface area contributed by atoms with Crippen LogP contribution in [-0.4, -0.2) is 20.3 Å². The summed E-state index contributed by atoms with van der Waals surface area (Å²) < 4.78 is 11.9. The van der Waals surface area contributed by atoms with E-state index in [4.69, 9.17) is 20.5 Å². The molecule has 0 aliphatic carbocycles. The minimum Gasteiger partial charge on any atom is -0.411 e. The maximum Gasteiger partial charge on any atom is 0.277 e. The van der Waals surface area contributed by atoms with Crippen LogP contribution in [0.5, 0.6) is 0 Å². The molecule has 0 aliphatic heterocycles. The molecule has 4 aromatic rings. The van der Waals surface area contributed by atoms with E-state index in [1.165, 1.54) is 11.8 Å². The van der Waals surface area contributed by atoms with Gasteiger partial charge in [0.05, 0.1) is 10.8 Å². The molecule has 0 N–H and O–H groups in total. The van der Waals surface area contributed by atoms with Crippen molar-refractivity contribution in [3.05, 3.63) is 63.9 Å². The largest absolute Gasteiger partial charge is 0.411 e. The fourth-order valence-electron chi connectivity index (χ4n) is 2.20. The Bertz CT molecular complexity index is 1050. The van der Waals surface area contributed by atoms with Gasteiger partial charge in [0, 0.05) is 15.6 Å². The van der Waals surface area contributed by atoms with Crippen LogP contribution in [0.25, 0.3) is 22.8 Å². The van der Waals surface area contributed by atoms with Crippen molar-refractivity contribution in [3.63, 3.8) is 0 Å². The normalized spacial score (nSPS) is 11.0. The molecular weight excluding hydrogens is 440 g/mol. The predicted octanol–water partition coefficient (Wildman–Crippen LogP) is 5.49. The zero-order valence-corrected chi connectivity index (χ0v) is 16.3. The van der Waals surface area contributed by atoms with Crippen molar-refractivity contribution in [1.82, 2.24) is 20.3 Å². The summed E-state index contributed by atoms with van der Waals surface area (Å²) in [5.41, 5.74) is 1.57. The van der Waals surface area contributed by atoms with Gasteiger partial charge in [-0.2, -0.15) is 4.98 Å². The topological polar surface area (TPSA) is 77.8 Å². The highest BCUT2D eigenvalue weighted by Gasteiger charge is 2.14. The van der Waals surface area contributed by atoms with Crippen LogP contribution in [0, 0.1) is 0 Å². The first-order valence-electron chi connectivity index (χ1n) is 7.49. The van der Waals surface area contributed by atoms with Crippen molar-refractivity contribution in [3.8, 4) is 22.8 Å². The lowest BCUT2D eigenvalue weighted by Crippen LogP contribution is -1.84. The number of aromatic nitrogens is 4. The van der Waals surface area contributed by atoms with Crippen molar-refractivity contribution in [2.45, 2.75) is 11.0 Å². The number of nitrogens with zero attached hydrogens (tertiary/aromatic N) is 4. The molecule has 2 aromatic carbocycles. The molecule has 130 valence electrons. The van der Waals surface area contributed by atoms with Crippen LogP contribution in [-0.2, 0) is 5.75 Å². The molecule has 0 radical (unpaired) electrons. The molecule has 0 spiro atoms. The number of benzene rings is 2. The lowest BCUT2D eigenvalue weighted by atomic mass is 10.2. The van der Waals surface area contributed by atoms with Gasteiger partial charge in [0.1, 0.15) is 0 Å². The van der Waals surface area contributed by atoms with E-state index in [0.717, 1.165) is 15.6 Å². The highest BCUT2D eigenvalue weighted by Crippen LogP contribution is 2.28. The van der Waals surface area contributed by atoms with Gasteiger partial charge in [-0.25, -0.2) is 0 Å². The molecule has 0 atom stereocenters. The number of rotatable bonds is 5. The Hall–Kier alpha value is -2.16. The van der Waals surface area contributed by atoms with Gasteiger partial charge in [0.2, 0.25) is 17.6 Å². The van der Waals surface area contributed by atoms with Crippen molar-refractivity contribution in [1.29, 1.82) is 0 Å². The van der Waals surface area contributed by atoms with E-state index in [9.17, 15) is 0 Å². The third kappa shape index (κ3) is 3.82. The average Bonchev–Trinajstić information content (AvgIpc) is 3.30. The van der Waals surface area contributed by atoms with Gasteiger partial charge >= 0.3 is 0 Å². The van der Waals surface area contributed by atoms with E-state index < -0.39 is 0 Å². The standard InChI is InChI=1S/C17H10BrClN4O2S/c18-11-5-3-4-10(8-11)16-21-22-17(24-16)26-9-14-20-15(23-25-14)12-6-1-2-7-13(12)19/h1-8H,9H2. The maximum absolute atomic E-state index is 6.15. The zero-order chi connectivity index (χ0) is 17.9. The SMILES string of the molecule is Clc1ccccc1-c1noc(CSc2nnc(-c3cccc(Br)c3)o2)n1. The quantitative estimate of drug-likeness (QED) is 0.372. The molecular formula is C17H10BrClN4O2S. The highest BCUT2D eigenvalue weighted by molar-refractivity contribution is 9.10. The van der Waals surface area contributed by atoms with Crippen molar-refractivity contribution in [2.75, 3.05) is 0 Å². The molecule has 0 aliphatic rings. The molecule has 2 heterocycles. The van der Waals surface area contributed by atoms with E-state index in [1.807, 2.05) is 42.5 Å². The summed E-state index contributed by atoms with van der Waals surface area (Å²) in [6.45, 7) is 0. The third-order valence-electron chi connectivity index (χ3n) is 3.38. The number of thioether (sulfide) groups is 1.